The zero-order valence-electron chi connectivity index (χ0n) is 14.6. The van der Waals surface area contributed by atoms with E-state index in [0.717, 1.165) is 22.4 Å². The second-order valence-corrected chi connectivity index (χ2v) is 9.14. The molecule has 1 aromatic heterocycles. The van der Waals surface area contributed by atoms with Crippen molar-refractivity contribution in [1.29, 1.82) is 0 Å². The summed E-state index contributed by atoms with van der Waals surface area (Å²) in [5.74, 6) is 3.29. The fraction of sp³-hybridized carbons (Fsp3) is 0.524. The SMILES string of the molecule is Cc1ccccc1-c1nc(C(=O)NC2C3CC4CC(C3)CC2C4)cs1. The number of amides is 1. The molecule has 0 radical (unpaired) electrons. The molecule has 0 unspecified atom stereocenters. The van der Waals surface area contributed by atoms with Gasteiger partial charge in [-0.2, -0.15) is 0 Å². The molecule has 4 saturated carbocycles. The number of hydrogen-bond acceptors (Lipinski definition) is 3. The van der Waals surface area contributed by atoms with Gasteiger partial charge in [0.1, 0.15) is 10.7 Å². The van der Waals surface area contributed by atoms with Crippen molar-refractivity contribution in [3.8, 4) is 10.6 Å². The number of thiazole rings is 1. The smallest absolute Gasteiger partial charge is 0.271 e. The van der Waals surface area contributed by atoms with Gasteiger partial charge in [0.05, 0.1) is 0 Å². The lowest BCUT2D eigenvalue weighted by Crippen LogP contribution is -2.55. The Morgan fingerprint density at radius 2 is 1.76 bits per heavy atom. The number of nitrogens with one attached hydrogen (secondary N) is 1. The molecule has 0 aliphatic heterocycles. The topological polar surface area (TPSA) is 42.0 Å². The Hall–Kier alpha value is -1.68. The molecule has 1 N–H and O–H groups in total. The average Bonchev–Trinajstić information content (AvgIpc) is 3.08. The first-order valence-electron chi connectivity index (χ1n) is 9.50. The molecular formula is C21H24N2OS. The first-order valence-corrected chi connectivity index (χ1v) is 10.4. The first-order chi connectivity index (χ1) is 12.2. The van der Waals surface area contributed by atoms with E-state index >= 15 is 0 Å². The molecule has 6 rings (SSSR count). The second-order valence-electron chi connectivity index (χ2n) is 8.28. The van der Waals surface area contributed by atoms with E-state index in [0.29, 0.717) is 23.6 Å². The fourth-order valence-corrected chi connectivity index (χ4v) is 6.59. The lowest BCUT2D eigenvalue weighted by Gasteiger charge is -2.54. The number of nitrogens with zero attached hydrogens (tertiary/aromatic N) is 1. The van der Waals surface area contributed by atoms with Gasteiger partial charge in [0.15, 0.2) is 0 Å². The van der Waals surface area contributed by atoms with E-state index < -0.39 is 0 Å². The Morgan fingerprint density at radius 3 is 2.44 bits per heavy atom. The van der Waals surface area contributed by atoms with Crippen LogP contribution >= 0.6 is 11.3 Å². The highest BCUT2D eigenvalue weighted by molar-refractivity contribution is 7.13. The number of aryl methyl sites for hydroxylation is 1. The van der Waals surface area contributed by atoms with Crippen molar-refractivity contribution in [3.05, 3.63) is 40.9 Å². The van der Waals surface area contributed by atoms with Crippen molar-refractivity contribution in [1.82, 2.24) is 10.3 Å². The van der Waals surface area contributed by atoms with Gasteiger partial charge in [0, 0.05) is 17.0 Å². The third kappa shape index (κ3) is 2.71. The van der Waals surface area contributed by atoms with Crippen molar-refractivity contribution in [3.63, 3.8) is 0 Å². The quantitative estimate of drug-likeness (QED) is 0.872. The van der Waals surface area contributed by atoms with E-state index in [9.17, 15) is 4.79 Å². The van der Waals surface area contributed by atoms with E-state index in [1.54, 1.807) is 11.3 Å². The third-order valence-corrected chi connectivity index (χ3v) is 7.51. The van der Waals surface area contributed by atoms with Gasteiger partial charge in [0.25, 0.3) is 5.91 Å². The molecule has 3 nitrogen and oxygen atoms in total. The zero-order valence-corrected chi connectivity index (χ0v) is 15.4. The zero-order chi connectivity index (χ0) is 17.0. The van der Waals surface area contributed by atoms with Crippen LogP contribution < -0.4 is 5.32 Å². The monoisotopic (exact) mass is 352 g/mol. The van der Waals surface area contributed by atoms with E-state index in [4.69, 9.17) is 0 Å². The predicted molar refractivity (Wildman–Crippen MR) is 101 cm³/mol. The summed E-state index contributed by atoms with van der Waals surface area (Å²) in [6, 6.07) is 8.60. The van der Waals surface area contributed by atoms with Crippen molar-refractivity contribution in [2.75, 3.05) is 0 Å². The lowest BCUT2D eigenvalue weighted by molar-refractivity contribution is -0.0120. The first kappa shape index (κ1) is 15.6. The molecule has 1 aromatic carbocycles. The maximum atomic E-state index is 12.8. The van der Waals surface area contributed by atoms with Crippen LogP contribution in [0.3, 0.4) is 0 Å². The molecule has 1 heterocycles. The highest BCUT2D eigenvalue weighted by Gasteiger charge is 2.48. The van der Waals surface area contributed by atoms with Gasteiger partial charge < -0.3 is 5.32 Å². The summed E-state index contributed by atoms with van der Waals surface area (Å²) in [4.78, 5) is 17.4. The molecule has 0 spiro atoms. The minimum absolute atomic E-state index is 0.0218. The van der Waals surface area contributed by atoms with Crippen LogP contribution in [0.1, 0.15) is 48.2 Å². The van der Waals surface area contributed by atoms with Gasteiger partial charge in [-0.3, -0.25) is 4.79 Å². The molecule has 2 aromatic rings. The number of benzene rings is 1. The van der Waals surface area contributed by atoms with Crippen LogP contribution in [0.15, 0.2) is 29.6 Å². The van der Waals surface area contributed by atoms with Gasteiger partial charge in [-0.15, -0.1) is 11.3 Å². The molecule has 4 fully saturated rings. The minimum atomic E-state index is 0.0218. The van der Waals surface area contributed by atoms with Crippen molar-refractivity contribution >= 4 is 17.2 Å². The Bertz CT molecular complexity index is 784. The van der Waals surface area contributed by atoms with Crippen LogP contribution in [0.5, 0.6) is 0 Å². The van der Waals surface area contributed by atoms with Crippen LogP contribution in [0.25, 0.3) is 10.6 Å². The summed E-state index contributed by atoms with van der Waals surface area (Å²) in [5.41, 5.74) is 2.91. The summed E-state index contributed by atoms with van der Waals surface area (Å²) in [6.07, 6.45) is 6.74. The van der Waals surface area contributed by atoms with Crippen LogP contribution in [0.4, 0.5) is 0 Å². The molecule has 25 heavy (non-hydrogen) atoms. The molecule has 4 aliphatic carbocycles. The highest BCUT2D eigenvalue weighted by Crippen LogP contribution is 2.53. The van der Waals surface area contributed by atoms with Crippen molar-refractivity contribution < 1.29 is 4.79 Å². The van der Waals surface area contributed by atoms with Gasteiger partial charge in [0.2, 0.25) is 0 Å². The summed E-state index contributed by atoms with van der Waals surface area (Å²) in [5, 5.41) is 6.21. The fourth-order valence-electron chi connectivity index (χ4n) is 5.70. The number of carbonyl (C=O) groups is 1. The molecule has 4 bridgehead atoms. The number of hydrogen-bond donors (Lipinski definition) is 1. The van der Waals surface area contributed by atoms with Crippen LogP contribution in [-0.4, -0.2) is 16.9 Å². The number of carbonyl (C=O) groups excluding carboxylic acids is 1. The maximum absolute atomic E-state index is 12.8. The number of rotatable bonds is 3. The predicted octanol–water partition coefficient (Wildman–Crippen LogP) is 4.67. The molecule has 130 valence electrons. The van der Waals surface area contributed by atoms with Gasteiger partial charge >= 0.3 is 0 Å². The molecular weight excluding hydrogens is 328 g/mol. The third-order valence-electron chi connectivity index (χ3n) is 6.64. The summed E-state index contributed by atoms with van der Waals surface area (Å²) >= 11 is 1.56. The molecule has 0 atom stereocenters. The van der Waals surface area contributed by atoms with E-state index in [1.807, 2.05) is 17.5 Å². The summed E-state index contributed by atoms with van der Waals surface area (Å²) < 4.78 is 0. The largest absolute Gasteiger partial charge is 0.347 e. The average molecular weight is 353 g/mol. The van der Waals surface area contributed by atoms with E-state index in [1.165, 1.54) is 37.7 Å². The van der Waals surface area contributed by atoms with Crippen LogP contribution in [0, 0.1) is 30.6 Å². The Labute approximate surface area is 152 Å². The molecule has 4 aliphatic rings. The summed E-state index contributed by atoms with van der Waals surface area (Å²) in [7, 11) is 0. The Morgan fingerprint density at radius 1 is 1.08 bits per heavy atom. The molecule has 4 heteroatoms. The normalized spacial score (nSPS) is 32.8. The van der Waals surface area contributed by atoms with Crippen LogP contribution in [0.2, 0.25) is 0 Å². The van der Waals surface area contributed by atoms with Crippen molar-refractivity contribution in [2.24, 2.45) is 23.7 Å². The van der Waals surface area contributed by atoms with Gasteiger partial charge in [-0.25, -0.2) is 4.98 Å². The van der Waals surface area contributed by atoms with Crippen molar-refractivity contribution in [2.45, 2.75) is 45.1 Å². The Balaban J connectivity index is 1.33. The van der Waals surface area contributed by atoms with E-state index in [-0.39, 0.29) is 5.91 Å². The second kappa shape index (κ2) is 5.94. The molecule has 1 amide bonds. The Kier molecular flexibility index (Phi) is 3.70. The summed E-state index contributed by atoms with van der Waals surface area (Å²) in [6.45, 7) is 2.09. The van der Waals surface area contributed by atoms with Gasteiger partial charge in [-0.1, -0.05) is 24.3 Å². The lowest BCUT2D eigenvalue weighted by atomic mass is 9.54. The standard InChI is InChI=1S/C21H24N2OS/c1-12-4-2-3-5-17(12)21-22-18(11-25-21)20(24)23-19-15-7-13-6-14(9-15)10-16(19)8-13/h2-5,11,13-16,19H,6-10H2,1H3,(H,23,24). The van der Waals surface area contributed by atoms with Gasteiger partial charge in [-0.05, 0) is 68.3 Å². The minimum Gasteiger partial charge on any atom is -0.347 e. The maximum Gasteiger partial charge on any atom is 0.271 e. The number of aromatic nitrogens is 1. The van der Waals surface area contributed by atoms with E-state index in [2.05, 4.69) is 29.4 Å². The highest BCUT2D eigenvalue weighted by atomic mass is 32.1. The van der Waals surface area contributed by atoms with Crippen LogP contribution in [-0.2, 0) is 0 Å². The molecule has 0 saturated heterocycles.